The molecule has 1 saturated heterocycles. The number of anilines is 1. The minimum absolute atomic E-state index is 0.0863. The number of hydrogen-bond acceptors (Lipinski definition) is 4. The van der Waals surface area contributed by atoms with Crippen molar-refractivity contribution in [2.75, 3.05) is 38.1 Å². The number of aryl methyl sites for hydroxylation is 1. The largest absolute Gasteiger partial charge is 0.370 e. The number of hydrogen-bond donors (Lipinski definition) is 1. The third kappa shape index (κ3) is 4.10. The van der Waals surface area contributed by atoms with Gasteiger partial charge in [0, 0.05) is 36.6 Å². The fourth-order valence-corrected chi connectivity index (χ4v) is 4.00. The SMILES string of the molecule is CC(=Nc1cc(N2CCCN(C)CC2)ccc1C)c1c2cccccc-2[nH]c1=O. The van der Waals surface area contributed by atoms with Gasteiger partial charge in [-0.25, -0.2) is 0 Å². The average Bonchev–Trinajstić information content (AvgIpc) is 2.87. The van der Waals surface area contributed by atoms with Gasteiger partial charge in [0.25, 0.3) is 5.56 Å². The van der Waals surface area contributed by atoms with Gasteiger partial charge in [0.05, 0.1) is 17.0 Å². The highest BCUT2D eigenvalue weighted by atomic mass is 16.1. The summed E-state index contributed by atoms with van der Waals surface area (Å²) in [5, 5.41) is 0. The predicted molar refractivity (Wildman–Crippen MR) is 121 cm³/mol. The van der Waals surface area contributed by atoms with Crippen molar-refractivity contribution in [1.82, 2.24) is 9.88 Å². The summed E-state index contributed by atoms with van der Waals surface area (Å²) < 4.78 is 0. The molecule has 29 heavy (non-hydrogen) atoms. The maximum atomic E-state index is 12.6. The summed E-state index contributed by atoms with van der Waals surface area (Å²) >= 11 is 0. The van der Waals surface area contributed by atoms with Crippen LogP contribution >= 0.6 is 0 Å². The van der Waals surface area contributed by atoms with Gasteiger partial charge in [-0.05, 0) is 57.6 Å². The zero-order valence-corrected chi connectivity index (χ0v) is 17.4. The summed E-state index contributed by atoms with van der Waals surface area (Å²) in [5.74, 6) is 0. The van der Waals surface area contributed by atoms with Crippen LogP contribution in [0.4, 0.5) is 11.4 Å². The molecule has 5 heteroatoms. The van der Waals surface area contributed by atoms with Gasteiger partial charge in [-0.1, -0.05) is 30.3 Å². The van der Waals surface area contributed by atoms with Crippen molar-refractivity contribution in [3.05, 3.63) is 70.0 Å². The van der Waals surface area contributed by atoms with E-state index in [4.69, 9.17) is 4.99 Å². The maximum absolute atomic E-state index is 12.6. The highest BCUT2D eigenvalue weighted by molar-refractivity contribution is 6.05. The third-order valence-corrected chi connectivity index (χ3v) is 5.71. The molecule has 0 bridgehead atoms. The number of benzene rings is 1. The number of aromatic amines is 1. The van der Waals surface area contributed by atoms with Crippen molar-refractivity contribution < 1.29 is 0 Å². The Morgan fingerprint density at radius 1 is 1.03 bits per heavy atom. The number of nitrogens with zero attached hydrogens (tertiary/aromatic N) is 3. The zero-order chi connectivity index (χ0) is 20.4. The van der Waals surface area contributed by atoms with Gasteiger partial charge >= 0.3 is 0 Å². The van der Waals surface area contributed by atoms with Gasteiger partial charge < -0.3 is 14.8 Å². The molecule has 2 aliphatic heterocycles. The second-order valence-corrected chi connectivity index (χ2v) is 7.88. The standard InChI is InChI=1S/C24H28N4O/c1-17-10-11-19(28-13-7-12-27(3)14-15-28)16-22(17)25-18(2)23-20-8-5-4-6-9-21(20)26-24(23)29/h4-6,8-11,16H,7,12-15H2,1-3H3,(H,26,29). The quantitative estimate of drug-likeness (QED) is 0.688. The lowest BCUT2D eigenvalue weighted by Crippen LogP contribution is -2.28. The van der Waals surface area contributed by atoms with E-state index < -0.39 is 0 Å². The molecular formula is C24H28N4O. The van der Waals surface area contributed by atoms with Crippen LogP contribution in [0.1, 0.15) is 24.5 Å². The normalized spacial score (nSPS) is 16.2. The first kappa shape index (κ1) is 19.4. The number of rotatable bonds is 3. The zero-order valence-electron chi connectivity index (χ0n) is 17.4. The predicted octanol–water partition coefficient (Wildman–Crippen LogP) is 4.07. The lowest BCUT2D eigenvalue weighted by molar-refractivity contribution is 0.360. The summed E-state index contributed by atoms with van der Waals surface area (Å²) in [4.78, 5) is 25.2. The molecule has 3 aliphatic rings. The Bertz CT molecular complexity index is 1070. The van der Waals surface area contributed by atoms with E-state index in [1.54, 1.807) is 0 Å². The molecule has 1 aromatic carbocycles. The molecule has 2 heterocycles. The third-order valence-electron chi connectivity index (χ3n) is 5.71. The van der Waals surface area contributed by atoms with Crippen molar-refractivity contribution in [3.63, 3.8) is 0 Å². The Morgan fingerprint density at radius 2 is 1.86 bits per heavy atom. The molecule has 4 rings (SSSR count). The van der Waals surface area contributed by atoms with E-state index in [1.807, 2.05) is 37.3 Å². The van der Waals surface area contributed by atoms with E-state index in [0.717, 1.165) is 60.8 Å². The van der Waals surface area contributed by atoms with Crippen molar-refractivity contribution in [1.29, 1.82) is 0 Å². The van der Waals surface area contributed by atoms with E-state index in [1.165, 1.54) is 5.69 Å². The van der Waals surface area contributed by atoms with E-state index in [0.29, 0.717) is 5.56 Å². The smallest absolute Gasteiger partial charge is 0.258 e. The van der Waals surface area contributed by atoms with Gasteiger partial charge in [-0.2, -0.15) is 0 Å². The fourth-order valence-electron chi connectivity index (χ4n) is 4.00. The molecule has 5 nitrogen and oxygen atoms in total. The minimum atomic E-state index is -0.0863. The molecule has 1 aromatic rings. The lowest BCUT2D eigenvalue weighted by Gasteiger charge is -2.23. The first-order valence-corrected chi connectivity index (χ1v) is 10.2. The minimum Gasteiger partial charge on any atom is -0.370 e. The Hall–Kier alpha value is -2.92. The van der Waals surface area contributed by atoms with E-state index in [-0.39, 0.29) is 5.56 Å². The molecule has 0 radical (unpaired) electrons. The topological polar surface area (TPSA) is 51.7 Å². The number of aliphatic imine (C=N–C) groups is 1. The van der Waals surface area contributed by atoms with Crippen LogP contribution in [0, 0.1) is 6.92 Å². The fraction of sp³-hybridized carbons (Fsp3) is 0.333. The maximum Gasteiger partial charge on any atom is 0.258 e. The average molecular weight is 389 g/mol. The molecule has 0 saturated carbocycles. The van der Waals surface area contributed by atoms with Crippen LogP contribution < -0.4 is 10.5 Å². The first-order chi connectivity index (χ1) is 14.0. The van der Waals surface area contributed by atoms with E-state index in [9.17, 15) is 4.79 Å². The Labute approximate surface area is 172 Å². The van der Waals surface area contributed by atoms with Crippen LogP contribution in [-0.4, -0.2) is 48.8 Å². The van der Waals surface area contributed by atoms with Crippen LogP contribution in [0.5, 0.6) is 0 Å². The number of fused-ring (bicyclic) bond motifs is 1. The van der Waals surface area contributed by atoms with Gasteiger partial charge in [-0.3, -0.25) is 9.79 Å². The Morgan fingerprint density at radius 3 is 2.72 bits per heavy atom. The summed E-state index contributed by atoms with van der Waals surface area (Å²) in [6, 6.07) is 16.2. The molecule has 0 spiro atoms. The summed E-state index contributed by atoms with van der Waals surface area (Å²) in [6.07, 6.45) is 1.16. The summed E-state index contributed by atoms with van der Waals surface area (Å²) in [6.45, 7) is 8.27. The molecular weight excluding hydrogens is 360 g/mol. The molecule has 1 N–H and O–H groups in total. The number of likely N-dealkylation sites (N-methyl/N-ethyl adjacent to an activating group) is 1. The van der Waals surface area contributed by atoms with Gasteiger partial charge in [-0.15, -0.1) is 0 Å². The Kier molecular flexibility index (Phi) is 5.49. The molecule has 150 valence electrons. The molecule has 0 atom stereocenters. The van der Waals surface area contributed by atoms with Gasteiger partial charge in [0.2, 0.25) is 0 Å². The number of aromatic nitrogens is 1. The van der Waals surface area contributed by atoms with Crippen LogP contribution in [-0.2, 0) is 0 Å². The van der Waals surface area contributed by atoms with Crippen molar-refractivity contribution >= 4 is 17.1 Å². The van der Waals surface area contributed by atoms with Crippen molar-refractivity contribution in [2.24, 2.45) is 4.99 Å². The molecule has 0 unspecified atom stereocenters. The second kappa shape index (κ2) is 8.21. The first-order valence-electron chi connectivity index (χ1n) is 10.2. The van der Waals surface area contributed by atoms with E-state index >= 15 is 0 Å². The van der Waals surface area contributed by atoms with Crippen molar-refractivity contribution in [2.45, 2.75) is 20.3 Å². The van der Waals surface area contributed by atoms with Gasteiger partial charge in [0.1, 0.15) is 0 Å². The second-order valence-electron chi connectivity index (χ2n) is 7.88. The monoisotopic (exact) mass is 388 g/mol. The van der Waals surface area contributed by atoms with Crippen LogP contribution in [0.15, 0.2) is 58.3 Å². The summed E-state index contributed by atoms with van der Waals surface area (Å²) in [7, 11) is 2.18. The lowest BCUT2D eigenvalue weighted by atomic mass is 10.1. The van der Waals surface area contributed by atoms with Crippen molar-refractivity contribution in [3.8, 4) is 11.3 Å². The number of nitrogens with one attached hydrogen (secondary N) is 1. The van der Waals surface area contributed by atoms with Gasteiger partial charge in [0.15, 0.2) is 0 Å². The Balaban J connectivity index is 1.70. The van der Waals surface area contributed by atoms with Crippen LogP contribution in [0.2, 0.25) is 0 Å². The molecule has 0 aromatic heterocycles. The highest BCUT2D eigenvalue weighted by Crippen LogP contribution is 2.28. The summed E-state index contributed by atoms with van der Waals surface area (Å²) in [5.41, 5.74) is 6.28. The molecule has 0 amide bonds. The molecule has 1 fully saturated rings. The highest BCUT2D eigenvalue weighted by Gasteiger charge is 2.17. The number of H-pyrrole nitrogens is 1. The van der Waals surface area contributed by atoms with Crippen LogP contribution in [0.25, 0.3) is 11.3 Å². The molecule has 1 aliphatic carbocycles. The van der Waals surface area contributed by atoms with Crippen LogP contribution in [0.3, 0.4) is 0 Å². The van der Waals surface area contributed by atoms with E-state index in [2.05, 4.69) is 47.0 Å².